The van der Waals surface area contributed by atoms with E-state index in [0.29, 0.717) is 5.92 Å². The second-order valence-corrected chi connectivity index (χ2v) is 6.37. The highest BCUT2D eigenvalue weighted by molar-refractivity contribution is 7.99. The zero-order valence-electron chi connectivity index (χ0n) is 10.7. The maximum atomic E-state index is 3.63. The van der Waals surface area contributed by atoms with Crippen molar-refractivity contribution in [2.45, 2.75) is 37.4 Å². The van der Waals surface area contributed by atoms with Gasteiger partial charge in [-0.3, -0.25) is 0 Å². The Labute approximate surface area is 109 Å². The van der Waals surface area contributed by atoms with Crippen LogP contribution in [0.5, 0.6) is 0 Å². The summed E-state index contributed by atoms with van der Waals surface area (Å²) in [6.45, 7) is 4.58. The van der Waals surface area contributed by atoms with Gasteiger partial charge in [-0.1, -0.05) is 43.7 Å². The number of hydrogen-bond acceptors (Lipinski definition) is 2. The van der Waals surface area contributed by atoms with E-state index in [9.17, 15) is 0 Å². The van der Waals surface area contributed by atoms with Crippen LogP contribution in [0.25, 0.3) is 0 Å². The molecule has 2 atom stereocenters. The molecular weight excluding hydrogens is 226 g/mol. The van der Waals surface area contributed by atoms with Crippen molar-refractivity contribution in [1.82, 2.24) is 5.32 Å². The third kappa shape index (κ3) is 4.36. The molecule has 1 aromatic carbocycles. The van der Waals surface area contributed by atoms with E-state index < -0.39 is 0 Å². The van der Waals surface area contributed by atoms with Gasteiger partial charge in [-0.05, 0) is 30.1 Å². The Morgan fingerprint density at radius 3 is 2.82 bits per heavy atom. The predicted molar refractivity (Wildman–Crippen MR) is 77.8 cm³/mol. The van der Waals surface area contributed by atoms with E-state index in [1.54, 1.807) is 0 Å². The molecule has 1 heterocycles. The number of thioether (sulfide) groups is 1. The predicted octanol–water partition coefficient (Wildman–Crippen LogP) is 3.67. The molecule has 0 aromatic heterocycles. The van der Waals surface area contributed by atoms with Crippen LogP contribution in [0.4, 0.5) is 0 Å². The van der Waals surface area contributed by atoms with Crippen LogP contribution in [-0.4, -0.2) is 24.1 Å². The molecule has 0 amide bonds. The van der Waals surface area contributed by atoms with Gasteiger partial charge in [0.05, 0.1) is 0 Å². The van der Waals surface area contributed by atoms with Gasteiger partial charge >= 0.3 is 0 Å². The van der Waals surface area contributed by atoms with Crippen molar-refractivity contribution in [2.24, 2.45) is 0 Å². The van der Waals surface area contributed by atoms with Crippen LogP contribution < -0.4 is 5.32 Å². The van der Waals surface area contributed by atoms with Gasteiger partial charge in [0.1, 0.15) is 0 Å². The van der Waals surface area contributed by atoms with Crippen LogP contribution in [-0.2, 0) is 0 Å². The topological polar surface area (TPSA) is 12.0 Å². The van der Waals surface area contributed by atoms with Gasteiger partial charge in [0.2, 0.25) is 0 Å². The van der Waals surface area contributed by atoms with Crippen molar-refractivity contribution < 1.29 is 0 Å². The van der Waals surface area contributed by atoms with Crippen LogP contribution in [0.15, 0.2) is 30.3 Å². The molecule has 1 aliphatic heterocycles. The summed E-state index contributed by atoms with van der Waals surface area (Å²) in [4.78, 5) is 0. The molecule has 1 saturated heterocycles. The second kappa shape index (κ2) is 7.07. The summed E-state index contributed by atoms with van der Waals surface area (Å²) in [6, 6.07) is 10.8. The summed E-state index contributed by atoms with van der Waals surface area (Å²) < 4.78 is 0. The average molecular weight is 249 g/mol. The van der Waals surface area contributed by atoms with Crippen LogP contribution >= 0.6 is 11.8 Å². The van der Waals surface area contributed by atoms with E-state index >= 15 is 0 Å². The summed E-state index contributed by atoms with van der Waals surface area (Å²) in [5.41, 5.74) is 1.44. The third-order valence-electron chi connectivity index (χ3n) is 3.47. The minimum Gasteiger partial charge on any atom is -0.315 e. The van der Waals surface area contributed by atoms with Gasteiger partial charge in [-0.25, -0.2) is 0 Å². The van der Waals surface area contributed by atoms with E-state index in [2.05, 4.69) is 54.3 Å². The molecule has 0 radical (unpaired) electrons. The van der Waals surface area contributed by atoms with Crippen molar-refractivity contribution in [1.29, 1.82) is 0 Å². The fourth-order valence-electron chi connectivity index (χ4n) is 2.33. The smallest absolute Gasteiger partial charge is 0.0172 e. The first kappa shape index (κ1) is 13.0. The molecule has 1 fully saturated rings. The SMILES string of the molecule is CC(CNCC1CCCCS1)c1ccccc1. The fraction of sp³-hybridized carbons (Fsp3) is 0.600. The molecule has 1 N–H and O–H groups in total. The maximum absolute atomic E-state index is 3.63. The van der Waals surface area contributed by atoms with Crippen LogP contribution in [0, 0.1) is 0 Å². The summed E-state index contributed by atoms with van der Waals surface area (Å²) in [7, 11) is 0. The summed E-state index contributed by atoms with van der Waals surface area (Å²) in [5, 5.41) is 4.49. The number of benzene rings is 1. The Hall–Kier alpha value is -0.470. The monoisotopic (exact) mass is 249 g/mol. The first-order valence-corrected chi connectivity index (χ1v) is 7.78. The van der Waals surface area contributed by atoms with Crippen LogP contribution in [0.1, 0.15) is 37.7 Å². The first-order chi connectivity index (χ1) is 8.36. The van der Waals surface area contributed by atoms with Crippen molar-refractivity contribution in [2.75, 3.05) is 18.8 Å². The Kier molecular flexibility index (Phi) is 5.40. The molecule has 1 nitrogen and oxygen atoms in total. The Balaban J connectivity index is 1.67. The zero-order chi connectivity index (χ0) is 11.9. The van der Waals surface area contributed by atoms with E-state index in [1.165, 1.54) is 37.1 Å². The van der Waals surface area contributed by atoms with Gasteiger partial charge < -0.3 is 5.32 Å². The van der Waals surface area contributed by atoms with E-state index in [4.69, 9.17) is 0 Å². The van der Waals surface area contributed by atoms with E-state index in [-0.39, 0.29) is 0 Å². The Morgan fingerprint density at radius 1 is 1.29 bits per heavy atom. The number of rotatable bonds is 5. The van der Waals surface area contributed by atoms with Gasteiger partial charge in [-0.15, -0.1) is 0 Å². The number of nitrogens with one attached hydrogen (secondary N) is 1. The highest BCUT2D eigenvalue weighted by Crippen LogP contribution is 2.24. The molecule has 0 saturated carbocycles. The summed E-state index contributed by atoms with van der Waals surface area (Å²) in [5.74, 6) is 1.98. The van der Waals surface area contributed by atoms with Gasteiger partial charge in [0.25, 0.3) is 0 Å². The molecule has 94 valence electrons. The molecule has 2 rings (SSSR count). The number of hydrogen-bond donors (Lipinski definition) is 1. The lowest BCUT2D eigenvalue weighted by Crippen LogP contribution is -2.29. The van der Waals surface area contributed by atoms with Gasteiger partial charge in [0.15, 0.2) is 0 Å². The van der Waals surface area contributed by atoms with Gasteiger partial charge in [-0.2, -0.15) is 11.8 Å². The second-order valence-electron chi connectivity index (χ2n) is 4.96. The highest BCUT2D eigenvalue weighted by Gasteiger charge is 2.13. The summed E-state index contributed by atoms with van der Waals surface area (Å²) in [6.07, 6.45) is 4.24. The molecule has 2 unspecified atom stereocenters. The largest absolute Gasteiger partial charge is 0.315 e. The first-order valence-electron chi connectivity index (χ1n) is 6.73. The molecule has 1 aliphatic rings. The standard InChI is InChI=1S/C15H23NS/c1-13(14-7-3-2-4-8-14)11-16-12-15-9-5-6-10-17-15/h2-4,7-8,13,15-16H,5-6,9-12H2,1H3. The van der Waals surface area contributed by atoms with Crippen molar-refractivity contribution in [3.8, 4) is 0 Å². The summed E-state index contributed by atoms with van der Waals surface area (Å²) >= 11 is 2.15. The molecule has 1 aromatic rings. The molecule has 0 aliphatic carbocycles. The van der Waals surface area contributed by atoms with Crippen molar-refractivity contribution in [3.63, 3.8) is 0 Å². The molecule has 17 heavy (non-hydrogen) atoms. The maximum Gasteiger partial charge on any atom is 0.0172 e. The highest BCUT2D eigenvalue weighted by atomic mass is 32.2. The zero-order valence-corrected chi connectivity index (χ0v) is 11.5. The lowest BCUT2D eigenvalue weighted by molar-refractivity contribution is 0.569. The third-order valence-corrected chi connectivity index (χ3v) is 4.86. The van der Waals surface area contributed by atoms with Crippen molar-refractivity contribution >= 4 is 11.8 Å². The minimum absolute atomic E-state index is 0.616. The normalized spacial score (nSPS) is 22.3. The molecule has 0 spiro atoms. The van der Waals surface area contributed by atoms with E-state index in [1.807, 2.05) is 0 Å². The lowest BCUT2D eigenvalue weighted by Gasteiger charge is -2.22. The van der Waals surface area contributed by atoms with Crippen LogP contribution in [0.3, 0.4) is 0 Å². The molecule has 2 heteroatoms. The quantitative estimate of drug-likeness (QED) is 0.854. The lowest BCUT2D eigenvalue weighted by atomic mass is 10.0. The minimum atomic E-state index is 0.616. The Bertz CT molecular complexity index is 306. The fourth-order valence-corrected chi connectivity index (χ4v) is 3.60. The molecular formula is C15H23NS. The van der Waals surface area contributed by atoms with Gasteiger partial charge in [0, 0.05) is 18.3 Å². The molecule has 0 bridgehead atoms. The van der Waals surface area contributed by atoms with Crippen LogP contribution in [0.2, 0.25) is 0 Å². The average Bonchev–Trinajstić information content (AvgIpc) is 2.41. The van der Waals surface area contributed by atoms with Crippen molar-refractivity contribution in [3.05, 3.63) is 35.9 Å². The Morgan fingerprint density at radius 2 is 2.12 bits per heavy atom. The van der Waals surface area contributed by atoms with E-state index in [0.717, 1.165) is 11.8 Å².